The molecule has 34 heavy (non-hydrogen) atoms. The maximum Gasteiger partial charge on any atom is 0.242 e. The number of thioether (sulfide) groups is 1. The number of rotatable bonds is 6. The van der Waals surface area contributed by atoms with Crippen LogP contribution in [-0.2, 0) is 20.7 Å². The number of nitrogens with zero attached hydrogens (tertiary/aromatic N) is 6. The van der Waals surface area contributed by atoms with Crippen molar-refractivity contribution in [3.8, 4) is 0 Å². The van der Waals surface area contributed by atoms with Crippen molar-refractivity contribution in [1.29, 1.82) is 0 Å². The number of morpholine rings is 1. The lowest BCUT2D eigenvalue weighted by Gasteiger charge is -2.35. The summed E-state index contributed by atoms with van der Waals surface area (Å²) in [7, 11) is 3.32. The Morgan fingerprint density at radius 1 is 1.41 bits per heavy atom. The zero-order valence-electron chi connectivity index (χ0n) is 19.8. The van der Waals surface area contributed by atoms with Gasteiger partial charge in [0.05, 0.1) is 31.0 Å². The highest BCUT2D eigenvalue weighted by molar-refractivity contribution is 8.15. The van der Waals surface area contributed by atoms with Crippen molar-refractivity contribution >= 4 is 28.7 Å². The number of benzene rings is 1. The minimum Gasteiger partial charge on any atom is -0.377 e. The van der Waals surface area contributed by atoms with Gasteiger partial charge in [0.2, 0.25) is 11.8 Å². The van der Waals surface area contributed by atoms with E-state index in [-0.39, 0.29) is 36.1 Å². The molecule has 0 spiro atoms. The zero-order valence-corrected chi connectivity index (χ0v) is 20.6. The minimum atomic E-state index is -0.458. The quantitative estimate of drug-likeness (QED) is 0.618. The molecule has 2 unspecified atom stereocenters. The first-order valence-electron chi connectivity index (χ1n) is 11.2. The van der Waals surface area contributed by atoms with E-state index in [2.05, 4.69) is 15.3 Å². The van der Waals surface area contributed by atoms with Gasteiger partial charge in [0.15, 0.2) is 5.17 Å². The lowest BCUT2D eigenvalue weighted by molar-refractivity contribution is -0.141. The highest BCUT2D eigenvalue weighted by Crippen LogP contribution is 2.29. The Labute approximate surface area is 202 Å². The van der Waals surface area contributed by atoms with E-state index in [0.717, 1.165) is 16.8 Å². The number of aromatic nitrogens is 3. The third-order valence-electron chi connectivity index (χ3n) is 6.32. The molecule has 2 aliphatic rings. The van der Waals surface area contributed by atoms with E-state index in [1.165, 1.54) is 28.8 Å². The van der Waals surface area contributed by atoms with Crippen LogP contribution in [0.4, 0.5) is 4.39 Å². The number of aliphatic imine (C=N–C) groups is 1. The molecular formula is C23H29FN6O3S. The van der Waals surface area contributed by atoms with Crippen molar-refractivity contribution in [3.05, 3.63) is 47.0 Å². The number of carbonyl (C=O) groups excluding carboxylic acids is 2. The molecule has 2 saturated heterocycles. The summed E-state index contributed by atoms with van der Waals surface area (Å²) in [5.74, 6) is -0.443. The van der Waals surface area contributed by atoms with Gasteiger partial charge < -0.3 is 9.64 Å². The third-order valence-corrected chi connectivity index (χ3v) is 7.64. The van der Waals surface area contributed by atoms with E-state index < -0.39 is 5.25 Å². The topological polar surface area (TPSA) is 92.9 Å². The van der Waals surface area contributed by atoms with Gasteiger partial charge in [0.1, 0.15) is 11.1 Å². The molecule has 0 aliphatic carbocycles. The van der Waals surface area contributed by atoms with E-state index >= 15 is 0 Å². The van der Waals surface area contributed by atoms with Gasteiger partial charge in [-0.2, -0.15) is 0 Å². The summed E-state index contributed by atoms with van der Waals surface area (Å²) in [6, 6.07) is 4.42. The Morgan fingerprint density at radius 3 is 2.91 bits per heavy atom. The van der Waals surface area contributed by atoms with Crippen molar-refractivity contribution in [3.63, 3.8) is 0 Å². The number of amidine groups is 1. The second kappa shape index (κ2) is 10.2. The number of ether oxygens (including phenoxy) is 1. The second-order valence-electron chi connectivity index (χ2n) is 8.60. The normalized spacial score (nSPS) is 23.1. The van der Waals surface area contributed by atoms with E-state index in [9.17, 15) is 14.0 Å². The van der Waals surface area contributed by atoms with Crippen molar-refractivity contribution in [2.75, 3.05) is 33.9 Å². The highest BCUT2D eigenvalue weighted by Gasteiger charge is 2.39. The maximum absolute atomic E-state index is 13.5. The van der Waals surface area contributed by atoms with Gasteiger partial charge >= 0.3 is 0 Å². The largest absolute Gasteiger partial charge is 0.377 e. The molecule has 1 aromatic heterocycles. The number of hydrogen-bond acceptors (Lipinski definition) is 7. The van der Waals surface area contributed by atoms with Crippen LogP contribution in [0.1, 0.15) is 36.2 Å². The van der Waals surface area contributed by atoms with Gasteiger partial charge in [-0.3, -0.25) is 19.5 Å². The monoisotopic (exact) mass is 488 g/mol. The van der Waals surface area contributed by atoms with Crippen LogP contribution in [0, 0.1) is 12.7 Å². The predicted molar refractivity (Wildman–Crippen MR) is 127 cm³/mol. The summed E-state index contributed by atoms with van der Waals surface area (Å²) in [6.45, 7) is 5.19. The Hall–Kier alpha value is -2.79. The molecule has 11 heteroatoms. The van der Waals surface area contributed by atoms with E-state index in [1.54, 1.807) is 29.7 Å². The first-order chi connectivity index (χ1) is 16.3. The van der Waals surface area contributed by atoms with Crippen LogP contribution in [0.5, 0.6) is 0 Å². The average molecular weight is 489 g/mol. The standard InChI is InChI=1S/C23H29FN6O3S/c1-14-9-16(24)5-6-19(14)15(2)30-12-17(26-27-30)10-18-13-33-8-7-29(18)21(31)11-20-22(32)28(4)23(25-3)34-20/h5-6,9,12,15,18,20H,7-8,10-11,13H2,1-4H3/t15-,18?,20?/m0/s1. The first kappa shape index (κ1) is 24.3. The molecule has 3 heterocycles. The molecule has 1 aromatic carbocycles. The van der Waals surface area contributed by atoms with Crippen molar-refractivity contribution in [1.82, 2.24) is 24.8 Å². The molecule has 2 aliphatic heterocycles. The van der Waals surface area contributed by atoms with Gasteiger partial charge in [0.25, 0.3) is 0 Å². The molecule has 2 fully saturated rings. The third kappa shape index (κ3) is 5.00. The Kier molecular flexibility index (Phi) is 7.32. The van der Waals surface area contributed by atoms with Gasteiger partial charge in [-0.15, -0.1) is 5.10 Å². The molecule has 0 N–H and O–H groups in total. The summed E-state index contributed by atoms with van der Waals surface area (Å²) in [5.41, 5.74) is 2.56. The molecular weight excluding hydrogens is 459 g/mol. The Bertz CT molecular complexity index is 1110. The number of hydrogen-bond donors (Lipinski definition) is 0. The molecule has 4 rings (SSSR count). The summed E-state index contributed by atoms with van der Waals surface area (Å²) >= 11 is 1.33. The van der Waals surface area contributed by atoms with Crippen LogP contribution in [0.2, 0.25) is 0 Å². The maximum atomic E-state index is 13.5. The smallest absolute Gasteiger partial charge is 0.242 e. The van der Waals surface area contributed by atoms with Gasteiger partial charge in [-0.25, -0.2) is 9.07 Å². The molecule has 9 nitrogen and oxygen atoms in total. The number of aryl methyl sites for hydroxylation is 1. The molecule has 0 radical (unpaired) electrons. The summed E-state index contributed by atoms with van der Waals surface area (Å²) < 4.78 is 20.9. The molecule has 0 bridgehead atoms. The van der Waals surface area contributed by atoms with Crippen LogP contribution >= 0.6 is 11.8 Å². The molecule has 0 saturated carbocycles. The van der Waals surface area contributed by atoms with Crippen LogP contribution in [0.15, 0.2) is 29.4 Å². The first-order valence-corrected chi connectivity index (χ1v) is 12.1. The average Bonchev–Trinajstić information content (AvgIpc) is 3.39. The van der Waals surface area contributed by atoms with E-state index in [4.69, 9.17) is 4.74 Å². The van der Waals surface area contributed by atoms with Gasteiger partial charge in [0, 0.05) is 39.7 Å². The fourth-order valence-electron chi connectivity index (χ4n) is 4.41. The number of carbonyl (C=O) groups is 2. The van der Waals surface area contributed by atoms with Crippen LogP contribution < -0.4 is 0 Å². The summed E-state index contributed by atoms with van der Waals surface area (Å²) in [6.07, 6.45) is 2.48. The number of amides is 2. The highest BCUT2D eigenvalue weighted by atomic mass is 32.2. The van der Waals surface area contributed by atoms with Crippen molar-refractivity contribution < 1.29 is 18.7 Å². The Morgan fingerprint density at radius 2 is 2.21 bits per heavy atom. The lowest BCUT2D eigenvalue weighted by atomic mass is 10.0. The zero-order chi connectivity index (χ0) is 24.4. The number of halogens is 1. The van der Waals surface area contributed by atoms with Crippen LogP contribution in [0.3, 0.4) is 0 Å². The lowest BCUT2D eigenvalue weighted by Crippen LogP contribution is -2.50. The SMILES string of the molecule is CN=C1SC(CC(=O)N2CCOCC2Cc2cn([C@@H](C)c3ccc(F)cc3C)nn2)C(=O)N1C. The molecule has 2 aromatic rings. The fraction of sp³-hybridized carbons (Fsp3) is 0.522. The summed E-state index contributed by atoms with van der Waals surface area (Å²) in [4.78, 5) is 33.0. The predicted octanol–water partition coefficient (Wildman–Crippen LogP) is 2.05. The van der Waals surface area contributed by atoms with Crippen molar-refractivity contribution in [2.45, 2.75) is 44.0 Å². The Balaban J connectivity index is 1.43. The van der Waals surface area contributed by atoms with Crippen LogP contribution in [-0.4, -0.2) is 86.9 Å². The molecule has 2 amide bonds. The second-order valence-corrected chi connectivity index (χ2v) is 9.77. The van der Waals surface area contributed by atoms with E-state index in [0.29, 0.717) is 31.3 Å². The minimum absolute atomic E-state index is 0.0763. The fourth-order valence-corrected chi connectivity index (χ4v) is 5.51. The van der Waals surface area contributed by atoms with Crippen LogP contribution in [0.25, 0.3) is 0 Å². The van der Waals surface area contributed by atoms with Gasteiger partial charge in [-0.05, 0) is 37.1 Å². The van der Waals surface area contributed by atoms with Gasteiger partial charge in [-0.1, -0.05) is 23.0 Å². The summed E-state index contributed by atoms with van der Waals surface area (Å²) in [5, 5.41) is 8.75. The van der Waals surface area contributed by atoms with E-state index in [1.807, 2.05) is 20.0 Å². The van der Waals surface area contributed by atoms with Crippen molar-refractivity contribution in [2.24, 2.45) is 4.99 Å². The molecule has 3 atom stereocenters. The molecule has 182 valence electrons.